The van der Waals surface area contributed by atoms with Gasteiger partial charge in [0.15, 0.2) is 0 Å². The zero-order chi connectivity index (χ0) is 17.3. The van der Waals surface area contributed by atoms with Crippen LogP contribution >= 0.6 is 0 Å². The van der Waals surface area contributed by atoms with E-state index in [0.29, 0.717) is 0 Å². The lowest BCUT2D eigenvalue weighted by atomic mass is 10.1. The van der Waals surface area contributed by atoms with Crippen molar-refractivity contribution < 1.29 is 0 Å². The Morgan fingerprint density at radius 2 is 1.29 bits per heavy atom. The van der Waals surface area contributed by atoms with Gasteiger partial charge >= 0.3 is 0 Å². The minimum atomic E-state index is 0.755. The second-order valence-electron chi connectivity index (χ2n) is 6.94. The van der Waals surface area contributed by atoms with Crippen LogP contribution in [0.15, 0.2) is 4.99 Å². The highest BCUT2D eigenvalue weighted by molar-refractivity contribution is 5.54. The Balaban J connectivity index is 1.95. The summed E-state index contributed by atoms with van der Waals surface area (Å²) in [5, 5.41) is 4.30. The van der Waals surface area contributed by atoms with Crippen molar-refractivity contribution in [2.24, 2.45) is 4.99 Å². The summed E-state index contributed by atoms with van der Waals surface area (Å²) in [7, 11) is 0. The highest BCUT2D eigenvalue weighted by Gasteiger charge is 2.11. The van der Waals surface area contributed by atoms with Gasteiger partial charge in [-0.25, -0.2) is 10.4 Å². The fourth-order valence-electron chi connectivity index (χ4n) is 2.96. The first-order valence-electron chi connectivity index (χ1n) is 10.3. The molecule has 5 heteroatoms. The highest BCUT2D eigenvalue weighted by Crippen LogP contribution is 2.05. The Kier molecular flexibility index (Phi) is 14.1. The Hall–Kier alpha value is -0.650. The molecule has 0 aromatic heterocycles. The zero-order valence-electron chi connectivity index (χ0n) is 16.2. The first-order chi connectivity index (χ1) is 11.9. The van der Waals surface area contributed by atoms with Gasteiger partial charge in [-0.05, 0) is 12.8 Å². The molecule has 0 radical (unpaired) electrons. The predicted octanol–water partition coefficient (Wildman–Crippen LogP) is 4.28. The van der Waals surface area contributed by atoms with Crippen LogP contribution in [-0.2, 0) is 0 Å². The molecule has 0 aliphatic carbocycles. The number of hydrogen-bond donors (Lipinski definition) is 2. The number of hydrogen-bond acceptors (Lipinski definition) is 5. The lowest BCUT2D eigenvalue weighted by Gasteiger charge is -2.32. The monoisotopic (exact) mass is 339 g/mol. The number of nitrogens with one attached hydrogen (secondary N) is 2. The molecule has 0 fully saturated rings. The fourth-order valence-corrected chi connectivity index (χ4v) is 2.96. The molecule has 5 nitrogen and oxygen atoms in total. The molecule has 1 rings (SSSR count). The molecule has 1 heterocycles. The molecule has 0 aromatic carbocycles. The molecule has 0 aromatic rings. The second-order valence-corrected chi connectivity index (χ2v) is 6.94. The van der Waals surface area contributed by atoms with Gasteiger partial charge in [-0.1, -0.05) is 78.1 Å². The standard InChI is InChI=1S/C19H41N5/c1-3-5-7-9-11-13-15-21-23-17-20-18-24(19-23)22-16-14-12-10-8-6-4-2/h17,21-22H,3-16,18-19H2,1-2H3. The van der Waals surface area contributed by atoms with Crippen LogP contribution in [0.3, 0.4) is 0 Å². The first-order valence-corrected chi connectivity index (χ1v) is 10.3. The molecule has 1 aliphatic rings. The van der Waals surface area contributed by atoms with Crippen LogP contribution in [0.25, 0.3) is 0 Å². The maximum Gasteiger partial charge on any atom is 0.108 e. The van der Waals surface area contributed by atoms with Gasteiger partial charge in [0, 0.05) is 13.1 Å². The summed E-state index contributed by atoms with van der Waals surface area (Å²) < 4.78 is 0. The smallest absolute Gasteiger partial charge is 0.108 e. The molecular formula is C19H41N5. The van der Waals surface area contributed by atoms with Gasteiger partial charge in [-0.2, -0.15) is 0 Å². The zero-order valence-corrected chi connectivity index (χ0v) is 16.2. The average Bonchev–Trinajstić information content (AvgIpc) is 2.60. The van der Waals surface area contributed by atoms with E-state index in [1.165, 1.54) is 77.0 Å². The summed E-state index contributed by atoms with van der Waals surface area (Å²) >= 11 is 0. The molecule has 0 saturated heterocycles. The van der Waals surface area contributed by atoms with E-state index in [-0.39, 0.29) is 0 Å². The highest BCUT2D eigenvalue weighted by atomic mass is 15.7. The van der Waals surface area contributed by atoms with Crippen LogP contribution in [-0.4, -0.2) is 42.8 Å². The van der Waals surface area contributed by atoms with Crippen LogP contribution < -0.4 is 10.9 Å². The third kappa shape index (κ3) is 11.8. The van der Waals surface area contributed by atoms with E-state index in [9.17, 15) is 0 Å². The van der Waals surface area contributed by atoms with E-state index in [2.05, 4.69) is 39.7 Å². The van der Waals surface area contributed by atoms with Crippen LogP contribution in [0.4, 0.5) is 0 Å². The molecule has 142 valence electrons. The molecule has 24 heavy (non-hydrogen) atoms. The number of nitrogens with zero attached hydrogens (tertiary/aromatic N) is 3. The van der Waals surface area contributed by atoms with Crippen LogP contribution in [0.1, 0.15) is 90.9 Å². The van der Waals surface area contributed by atoms with E-state index in [0.717, 1.165) is 26.4 Å². The van der Waals surface area contributed by atoms with Crippen LogP contribution in [0.5, 0.6) is 0 Å². The van der Waals surface area contributed by atoms with Gasteiger partial charge in [0.25, 0.3) is 0 Å². The molecular weight excluding hydrogens is 298 g/mol. The molecule has 0 atom stereocenters. The van der Waals surface area contributed by atoms with Crippen LogP contribution in [0.2, 0.25) is 0 Å². The third-order valence-corrected chi connectivity index (χ3v) is 4.51. The molecule has 0 bridgehead atoms. The maximum atomic E-state index is 4.42. The van der Waals surface area contributed by atoms with Crippen molar-refractivity contribution in [3.63, 3.8) is 0 Å². The predicted molar refractivity (Wildman–Crippen MR) is 105 cm³/mol. The van der Waals surface area contributed by atoms with E-state index < -0.39 is 0 Å². The summed E-state index contributed by atoms with van der Waals surface area (Å²) in [6, 6.07) is 0. The molecule has 0 spiro atoms. The quantitative estimate of drug-likeness (QED) is 0.412. The van der Waals surface area contributed by atoms with E-state index in [4.69, 9.17) is 0 Å². The topological polar surface area (TPSA) is 42.9 Å². The van der Waals surface area contributed by atoms with Crippen molar-refractivity contribution in [3.05, 3.63) is 0 Å². The molecule has 0 saturated carbocycles. The summed E-state index contributed by atoms with van der Waals surface area (Å²) in [6.45, 7) is 8.27. The van der Waals surface area contributed by atoms with Gasteiger partial charge in [0.2, 0.25) is 0 Å². The summed E-state index contributed by atoms with van der Waals surface area (Å²) in [5.74, 6) is 0. The van der Waals surface area contributed by atoms with Crippen LogP contribution in [0, 0.1) is 0 Å². The minimum Gasteiger partial charge on any atom is -0.283 e. The second kappa shape index (κ2) is 15.9. The molecule has 1 aliphatic heterocycles. The lowest BCUT2D eigenvalue weighted by Crippen LogP contribution is -2.53. The Morgan fingerprint density at radius 1 is 0.750 bits per heavy atom. The SMILES string of the molecule is CCCCCCCCNN1C=NCN(NCCCCCCCC)C1. The average molecular weight is 340 g/mol. The lowest BCUT2D eigenvalue weighted by molar-refractivity contribution is 0.0908. The first kappa shape index (κ1) is 21.4. The molecule has 2 N–H and O–H groups in total. The number of aliphatic imine (C=N–C) groups is 1. The maximum absolute atomic E-state index is 4.42. The van der Waals surface area contributed by atoms with E-state index in [1.807, 2.05) is 6.34 Å². The number of rotatable bonds is 16. The van der Waals surface area contributed by atoms with Crippen molar-refractivity contribution in [1.82, 2.24) is 20.9 Å². The van der Waals surface area contributed by atoms with Crippen molar-refractivity contribution in [2.75, 3.05) is 26.4 Å². The van der Waals surface area contributed by atoms with Crippen molar-refractivity contribution in [3.8, 4) is 0 Å². The number of unbranched alkanes of at least 4 members (excludes halogenated alkanes) is 10. The Bertz CT molecular complexity index is 295. The van der Waals surface area contributed by atoms with Crippen molar-refractivity contribution in [1.29, 1.82) is 0 Å². The van der Waals surface area contributed by atoms with E-state index >= 15 is 0 Å². The van der Waals surface area contributed by atoms with Crippen molar-refractivity contribution in [2.45, 2.75) is 90.9 Å². The van der Waals surface area contributed by atoms with E-state index in [1.54, 1.807) is 0 Å². The summed E-state index contributed by atoms with van der Waals surface area (Å²) in [4.78, 5) is 4.42. The Morgan fingerprint density at radius 3 is 1.92 bits per heavy atom. The summed E-state index contributed by atoms with van der Waals surface area (Å²) in [6.07, 6.45) is 18.0. The van der Waals surface area contributed by atoms with Gasteiger partial charge in [0.05, 0.1) is 0 Å². The Labute approximate surface area is 150 Å². The van der Waals surface area contributed by atoms with Crippen molar-refractivity contribution >= 4 is 6.34 Å². The van der Waals surface area contributed by atoms with Gasteiger partial charge in [-0.15, -0.1) is 0 Å². The minimum absolute atomic E-state index is 0.755. The molecule has 0 amide bonds. The third-order valence-electron chi connectivity index (χ3n) is 4.51. The van der Waals surface area contributed by atoms with Gasteiger partial charge in [0.1, 0.15) is 19.7 Å². The largest absolute Gasteiger partial charge is 0.283 e. The fraction of sp³-hybridized carbons (Fsp3) is 0.947. The van der Waals surface area contributed by atoms with Gasteiger partial charge < -0.3 is 0 Å². The summed E-state index contributed by atoms with van der Waals surface area (Å²) in [5.41, 5.74) is 6.97. The number of hydrazine groups is 2. The normalized spacial score (nSPS) is 15.3. The molecule has 0 unspecified atom stereocenters. The van der Waals surface area contributed by atoms with Gasteiger partial charge in [-0.3, -0.25) is 15.4 Å².